The predicted octanol–water partition coefficient (Wildman–Crippen LogP) is 1.78. The molecule has 1 unspecified atom stereocenters. The highest BCUT2D eigenvalue weighted by molar-refractivity contribution is 5.79. The Morgan fingerprint density at radius 2 is 2.11 bits per heavy atom. The van der Waals surface area contributed by atoms with Gasteiger partial charge in [-0.25, -0.2) is 14.5 Å². The van der Waals surface area contributed by atoms with Gasteiger partial charge in [-0.05, 0) is 30.4 Å². The van der Waals surface area contributed by atoms with E-state index in [2.05, 4.69) is 20.2 Å². The van der Waals surface area contributed by atoms with Crippen LogP contribution in [0.15, 0.2) is 30.5 Å². The first-order valence-corrected chi connectivity index (χ1v) is 9.28. The van der Waals surface area contributed by atoms with Crippen molar-refractivity contribution in [3.63, 3.8) is 0 Å². The molecule has 1 aliphatic rings. The van der Waals surface area contributed by atoms with Gasteiger partial charge in [0.2, 0.25) is 5.82 Å². The largest absolute Gasteiger partial charge is 0.358 e. The van der Waals surface area contributed by atoms with Crippen LogP contribution in [-0.4, -0.2) is 49.7 Å². The molecule has 1 atom stereocenters. The van der Waals surface area contributed by atoms with Gasteiger partial charge >= 0.3 is 5.82 Å². The van der Waals surface area contributed by atoms with Crippen LogP contribution in [0.2, 0.25) is 0 Å². The van der Waals surface area contributed by atoms with E-state index in [1.807, 2.05) is 31.2 Å². The number of para-hydroxylation sites is 2. The normalized spacial score (nSPS) is 17.4. The van der Waals surface area contributed by atoms with E-state index in [1.54, 1.807) is 4.57 Å². The summed E-state index contributed by atoms with van der Waals surface area (Å²) < 4.78 is 3.74. The minimum Gasteiger partial charge on any atom is -0.358 e. The third-order valence-corrected chi connectivity index (χ3v) is 5.02. The molecular formula is C18H23N7O2. The molecule has 142 valence electrons. The molecule has 1 fully saturated rings. The Kier molecular flexibility index (Phi) is 4.87. The van der Waals surface area contributed by atoms with Gasteiger partial charge in [0, 0.05) is 32.2 Å². The number of aryl methyl sites for hydroxylation is 1. The van der Waals surface area contributed by atoms with E-state index in [1.165, 1.54) is 6.20 Å². The zero-order chi connectivity index (χ0) is 18.8. The average molecular weight is 369 g/mol. The fourth-order valence-electron chi connectivity index (χ4n) is 3.68. The molecule has 0 spiro atoms. The molecule has 27 heavy (non-hydrogen) atoms. The maximum atomic E-state index is 11.3. The summed E-state index contributed by atoms with van der Waals surface area (Å²) in [5, 5.41) is 18.2. The summed E-state index contributed by atoms with van der Waals surface area (Å²) in [4.78, 5) is 20.0. The van der Waals surface area contributed by atoms with Crippen molar-refractivity contribution in [1.29, 1.82) is 0 Å². The first-order valence-electron chi connectivity index (χ1n) is 9.28. The number of hydrogen-bond donors (Lipinski definition) is 2. The number of nitrogens with zero attached hydrogens (tertiary/aromatic N) is 5. The maximum Gasteiger partial charge on any atom is 0.343 e. The van der Waals surface area contributed by atoms with Crippen molar-refractivity contribution in [3.05, 3.63) is 40.6 Å². The molecule has 9 nitrogen and oxygen atoms in total. The molecular weight excluding hydrogens is 346 g/mol. The summed E-state index contributed by atoms with van der Waals surface area (Å²) in [6, 6.07) is 8.33. The monoisotopic (exact) mass is 369 g/mol. The molecule has 1 aliphatic heterocycles. The van der Waals surface area contributed by atoms with Gasteiger partial charge in [0.15, 0.2) is 0 Å². The highest BCUT2D eigenvalue weighted by Gasteiger charge is 2.25. The number of aromatic nitrogens is 4. The lowest BCUT2D eigenvalue weighted by Crippen LogP contribution is -2.48. The Morgan fingerprint density at radius 3 is 2.85 bits per heavy atom. The fourth-order valence-corrected chi connectivity index (χ4v) is 3.68. The Balaban J connectivity index is 1.75. The zero-order valence-corrected chi connectivity index (χ0v) is 15.3. The third kappa shape index (κ3) is 3.31. The number of nitrogens with one attached hydrogen (secondary N) is 2. The molecule has 0 amide bonds. The summed E-state index contributed by atoms with van der Waals surface area (Å²) in [5.41, 5.74) is 1.89. The second kappa shape index (κ2) is 7.45. The van der Waals surface area contributed by atoms with Gasteiger partial charge < -0.3 is 25.3 Å². The minimum absolute atomic E-state index is 0.00995. The minimum atomic E-state index is -0.398. The van der Waals surface area contributed by atoms with E-state index < -0.39 is 4.92 Å². The number of fused-ring (bicyclic) bond motifs is 1. The SMILES string of the molecule is CCn1c([N+](=O)[O-])cnc1-c1nc2ccccc2n1CCC1CNCCN1. The first-order chi connectivity index (χ1) is 13.2. The van der Waals surface area contributed by atoms with Crippen molar-refractivity contribution in [2.75, 3.05) is 19.6 Å². The molecule has 9 heteroatoms. The van der Waals surface area contributed by atoms with Gasteiger partial charge in [-0.2, -0.15) is 0 Å². The molecule has 0 radical (unpaired) electrons. The summed E-state index contributed by atoms with van der Waals surface area (Å²) in [6.07, 6.45) is 2.25. The van der Waals surface area contributed by atoms with E-state index in [0.717, 1.165) is 43.6 Å². The molecule has 1 aromatic carbocycles. The van der Waals surface area contributed by atoms with Crippen LogP contribution < -0.4 is 10.6 Å². The molecule has 2 N–H and O–H groups in total. The highest BCUT2D eigenvalue weighted by Crippen LogP contribution is 2.27. The van der Waals surface area contributed by atoms with Gasteiger partial charge in [0.25, 0.3) is 5.82 Å². The Labute approximate surface area is 156 Å². The van der Waals surface area contributed by atoms with E-state index in [4.69, 9.17) is 4.98 Å². The third-order valence-electron chi connectivity index (χ3n) is 5.02. The summed E-state index contributed by atoms with van der Waals surface area (Å²) >= 11 is 0. The van der Waals surface area contributed by atoms with Crippen LogP contribution in [0.3, 0.4) is 0 Å². The van der Waals surface area contributed by atoms with Crippen LogP contribution in [0.1, 0.15) is 13.3 Å². The molecule has 3 heterocycles. The van der Waals surface area contributed by atoms with E-state index in [-0.39, 0.29) is 5.82 Å². The maximum absolute atomic E-state index is 11.3. The summed E-state index contributed by atoms with van der Waals surface area (Å²) in [5.74, 6) is 1.20. The topological polar surface area (TPSA) is 103 Å². The number of rotatable bonds is 6. The second-order valence-electron chi connectivity index (χ2n) is 6.66. The van der Waals surface area contributed by atoms with Crippen LogP contribution in [0, 0.1) is 10.1 Å². The number of piperazine rings is 1. The second-order valence-corrected chi connectivity index (χ2v) is 6.66. The molecule has 3 aromatic rings. The van der Waals surface area contributed by atoms with Crippen LogP contribution in [0.5, 0.6) is 0 Å². The van der Waals surface area contributed by atoms with E-state index in [9.17, 15) is 10.1 Å². The van der Waals surface area contributed by atoms with Crippen molar-refractivity contribution in [3.8, 4) is 11.6 Å². The van der Waals surface area contributed by atoms with Crippen molar-refractivity contribution in [1.82, 2.24) is 29.7 Å². The Bertz CT molecular complexity index is 956. The van der Waals surface area contributed by atoms with Crippen LogP contribution in [0.25, 0.3) is 22.7 Å². The average Bonchev–Trinajstić information content (AvgIpc) is 3.28. The number of imidazole rings is 2. The lowest BCUT2D eigenvalue weighted by Gasteiger charge is -2.24. The van der Waals surface area contributed by atoms with Crippen LogP contribution >= 0.6 is 0 Å². The summed E-state index contributed by atoms with van der Waals surface area (Å²) in [6.45, 7) is 6.00. The summed E-state index contributed by atoms with van der Waals surface area (Å²) in [7, 11) is 0. The quantitative estimate of drug-likeness (QED) is 0.507. The molecule has 0 bridgehead atoms. The highest BCUT2D eigenvalue weighted by atomic mass is 16.6. The molecule has 0 aliphatic carbocycles. The van der Waals surface area contributed by atoms with E-state index >= 15 is 0 Å². The number of hydrogen-bond acceptors (Lipinski definition) is 6. The van der Waals surface area contributed by atoms with Crippen LogP contribution in [0.4, 0.5) is 5.82 Å². The van der Waals surface area contributed by atoms with Crippen molar-refractivity contribution in [2.24, 2.45) is 0 Å². The van der Waals surface area contributed by atoms with Gasteiger partial charge in [0.1, 0.15) is 6.20 Å². The van der Waals surface area contributed by atoms with Crippen molar-refractivity contribution < 1.29 is 4.92 Å². The van der Waals surface area contributed by atoms with Gasteiger partial charge in [-0.3, -0.25) is 0 Å². The smallest absolute Gasteiger partial charge is 0.343 e. The van der Waals surface area contributed by atoms with Gasteiger partial charge in [-0.1, -0.05) is 12.1 Å². The van der Waals surface area contributed by atoms with Gasteiger partial charge in [-0.15, -0.1) is 0 Å². The Morgan fingerprint density at radius 1 is 1.26 bits per heavy atom. The molecule has 0 saturated carbocycles. The fraction of sp³-hybridized carbons (Fsp3) is 0.444. The predicted molar refractivity (Wildman–Crippen MR) is 103 cm³/mol. The standard InChI is InChI=1S/C18H23N7O2/c1-2-23-16(25(26)27)12-21-17(23)18-22-14-5-3-4-6-15(14)24(18)10-7-13-11-19-8-9-20-13/h3-6,12-13,19-20H,2,7-11H2,1H3. The van der Waals surface area contributed by atoms with Crippen LogP contribution in [-0.2, 0) is 13.1 Å². The zero-order valence-electron chi connectivity index (χ0n) is 15.3. The lowest BCUT2D eigenvalue weighted by molar-refractivity contribution is -0.392. The van der Waals surface area contributed by atoms with Gasteiger partial charge in [0.05, 0.1) is 17.6 Å². The van der Waals surface area contributed by atoms with Crippen molar-refractivity contribution >= 4 is 16.9 Å². The first kappa shape index (κ1) is 17.6. The van der Waals surface area contributed by atoms with Crippen molar-refractivity contribution in [2.45, 2.75) is 32.5 Å². The molecule has 2 aromatic heterocycles. The molecule has 1 saturated heterocycles. The number of benzene rings is 1. The van der Waals surface area contributed by atoms with E-state index in [0.29, 0.717) is 24.2 Å². The molecule has 4 rings (SSSR count). The lowest BCUT2D eigenvalue weighted by atomic mass is 10.1. The number of nitro groups is 1. The Hall–Kier alpha value is -2.78.